The summed E-state index contributed by atoms with van der Waals surface area (Å²) < 4.78 is 1.08. The lowest BCUT2D eigenvalue weighted by atomic mass is 10.1. The van der Waals surface area contributed by atoms with Crippen LogP contribution in [0.15, 0.2) is 18.2 Å². The highest BCUT2D eigenvalue weighted by molar-refractivity contribution is 8.13. The first kappa shape index (κ1) is 16.3. The van der Waals surface area contributed by atoms with Gasteiger partial charge >= 0.3 is 0 Å². The first-order chi connectivity index (χ1) is 11.2. The molecule has 1 fully saturated rings. The van der Waals surface area contributed by atoms with Crippen LogP contribution in [-0.4, -0.2) is 39.9 Å². The van der Waals surface area contributed by atoms with Crippen molar-refractivity contribution >= 4 is 49.6 Å². The van der Waals surface area contributed by atoms with Crippen molar-refractivity contribution in [1.82, 2.24) is 9.88 Å². The van der Waals surface area contributed by atoms with Gasteiger partial charge in [-0.1, -0.05) is 42.5 Å². The molecule has 7 heteroatoms. The molecule has 0 aliphatic carbocycles. The van der Waals surface area contributed by atoms with Crippen LogP contribution in [0.5, 0.6) is 0 Å². The third-order valence-corrected chi connectivity index (χ3v) is 5.52. The largest absolute Gasteiger partial charge is 0.323 e. The summed E-state index contributed by atoms with van der Waals surface area (Å²) >= 11 is 2.74. The number of rotatable bonds is 6. The molecule has 0 bridgehead atoms. The Balaban J connectivity index is 1.65. The summed E-state index contributed by atoms with van der Waals surface area (Å²) in [4.78, 5) is 29.6. The van der Waals surface area contributed by atoms with Gasteiger partial charge < -0.3 is 10.2 Å². The number of carbonyl (C=O) groups excluding carboxylic acids is 2. The first-order valence-corrected chi connectivity index (χ1v) is 9.57. The predicted molar refractivity (Wildman–Crippen MR) is 96.3 cm³/mol. The molecule has 1 aromatic heterocycles. The summed E-state index contributed by atoms with van der Waals surface area (Å²) in [6.07, 6.45) is 3.42. The van der Waals surface area contributed by atoms with Gasteiger partial charge in [-0.25, -0.2) is 4.98 Å². The van der Waals surface area contributed by atoms with E-state index >= 15 is 0 Å². The van der Waals surface area contributed by atoms with Crippen LogP contribution >= 0.6 is 23.1 Å². The Morgan fingerprint density at radius 2 is 2.30 bits per heavy atom. The van der Waals surface area contributed by atoms with Gasteiger partial charge in [0.15, 0.2) is 5.13 Å². The van der Waals surface area contributed by atoms with E-state index in [-0.39, 0.29) is 17.7 Å². The fraction of sp³-hybridized carbons (Fsp3) is 0.438. The number of carbonyl (C=O) groups is 2. The molecule has 0 atom stereocenters. The van der Waals surface area contributed by atoms with E-state index in [1.807, 2.05) is 6.07 Å². The maximum absolute atomic E-state index is 12.1. The van der Waals surface area contributed by atoms with E-state index in [2.05, 4.69) is 29.4 Å². The molecule has 3 rings (SSSR count). The number of aromatic nitrogens is 1. The molecule has 1 saturated heterocycles. The standard InChI is InChI=1S/C16H19N3O2S2/c1-2-3-4-11-5-6-12-13(9-11)23-15(17-12)18-14(20)10-19-7-8-22-16(19)21/h5-6,9H,2-4,7-8,10H2,1H3,(H,17,18,20). The number of benzene rings is 1. The molecular weight excluding hydrogens is 330 g/mol. The third-order valence-electron chi connectivity index (χ3n) is 3.70. The molecule has 0 radical (unpaired) electrons. The number of unbranched alkanes of at least 4 members (excludes halogenated alkanes) is 1. The minimum atomic E-state index is -0.189. The fourth-order valence-corrected chi connectivity index (χ4v) is 4.23. The summed E-state index contributed by atoms with van der Waals surface area (Å²) in [6, 6.07) is 6.26. The zero-order valence-electron chi connectivity index (χ0n) is 13.0. The lowest BCUT2D eigenvalue weighted by molar-refractivity contribution is -0.116. The van der Waals surface area contributed by atoms with Gasteiger partial charge in [-0.3, -0.25) is 9.59 Å². The molecule has 1 aromatic carbocycles. The second-order valence-electron chi connectivity index (χ2n) is 5.51. The minimum absolute atomic E-state index is 0.0231. The van der Waals surface area contributed by atoms with Crippen molar-refractivity contribution in [2.45, 2.75) is 26.2 Å². The van der Waals surface area contributed by atoms with E-state index in [0.717, 1.165) is 22.4 Å². The molecule has 1 N–H and O–H groups in total. The lowest BCUT2D eigenvalue weighted by Gasteiger charge is -2.12. The normalized spacial score (nSPS) is 14.7. The summed E-state index contributed by atoms with van der Waals surface area (Å²) in [7, 11) is 0. The molecule has 23 heavy (non-hydrogen) atoms. The third kappa shape index (κ3) is 4.03. The first-order valence-electron chi connectivity index (χ1n) is 7.76. The van der Waals surface area contributed by atoms with Crippen LogP contribution in [0.2, 0.25) is 0 Å². The number of hydrogen-bond acceptors (Lipinski definition) is 5. The smallest absolute Gasteiger partial charge is 0.282 e. The van der Waals surface area contributed by atoms with Crippen LogP contribution < -0.4 is 5.32 Å². The van der Waals surface area contributed by atoms with Crippen molar-refractivity contribution in [2.24, 2.45) is 0 Å². The van der Waals surface area contributed by atoms with Crippen LogP contribution in [0, 0.1) is 0 Å². The van der Waals surface area contributed by atoms with E-state index in [1.165, 1.54) is 41.5 Å². The lowest BCUT2D eigenvalue weighted by Crippen LogP contribution is -2.33. The van der Waals surface area contributed by atoms with Gasteiger partial charge in [-0.05, 0) is 30.5 Å². The van der Waals surface area contributed by atoms with E-state index < -0.39 is 0 Å². The average Bonchev–Trinajstić information content (AvgIpc) is 3.10. The average molecular weight is 349 g/mol. The summed E-state index contributed by atoms with van der Waals surface area (Å²) in [5, 5.41) is 3.38. The molecule has 2 heterocycles. The topological polar surface area (TPSA) is 62.3 Å². The molecule has 122 valence electrons. The van der Waals surface area contributed by atoms with Crippen LogP contribution in [0.25, 0.3) is 10.2 Å². The highest BCUT2D eigenvalue weighted by Gasteiger charge is 2.23. The zero-order valence-corrected chi connectivity index (χ0v) is 14.6. The second-order valence-corrected chi connectivity index (χ2v) is 7.59. The molecule has 1 aliphatic heterocycles. The number of anilines is 1. The maximum atomic E-state index is 12.1. The van der Waals surface area contributed by atoms with Crippen molar-refractivity contribution in [2.75, 3.05) is 24.2 Å². The number of thiazole rings is 1. The highest BCUT2D eigenvalue weighted by Crippen LogP contribution is 2.27. The Hall–Kier alpha value is -1.60. The number of aryl methyl sites for hydroxylation is 1. The molecule has 0 unspecified atom stereocenters. The van der Waals surface area contributed by atoms with Gasteiger partial charge in [0.05, 0.1) is 10.2 Å². The van der Waals surface area contributed by atoms with Crippen LogP contribution in [0.4, 0.5) is 9.93 Å². The van der Waals surface area contributed by atoms with E-state index in [4.69, 9.17) is 0 Å². The number of nitrogens with one attached hydrogen (secondary N) is 1. The Bertz CT molecular complexity index is 729. The van der Waals surface area contributed by atoms with E-state index in [0.29, 0.717) is 11.7 Å². The molecule has 2 aromatic rings. The van der Waals surface area contributed by atoms with E-state index in [1.54, 1.807) is 4.90 Å². The molecule has 0 spiro atoms. The summed E-state index contributed by atoms with van der Waals surface area (Å²) in [5.74, 6) is 0.569. The Labute approximate surface area is 143 Å². The Morgan fingerprint density at radius 1 is 1.43 bits per heavy atom. The minimum Gasteiger partial charge on any atom is -0.323 e. The summed E-state index contributed by atoms with van der Waals surface area (Å²) in [5.41, 5.74) is 2.21. The van der Waals surface area contributed by atoms with E-state index in [9.17, 15) is 9.59 Å². The number of hydrogen-bond donors (Lipinski definition) is 1. The van der Waals surface area contributed by atoms with Gasteiger partial charge in [0.1, 0.15) is 6.54 Å². The van der Waals surface area contributed by atoms with Crippen LogP contribution in [-0.2, 0) is 11.2 Å². The molecule has 2 amide bonds. The number of thioether (sulfide) groups is 1. The van der Waals surface area contributed by atoms with Gasteiger partial charge in [-0.2, -0.15) is 0 Å². The van der Waals surface area contributed by atoms with Crippen molar-refractivity contribution < 1.29 is 9.59 Å². The predicted octanol–water partition coefficient (Wildman–Crippen LogP) is 3.75. The van der Waals surface area contributed by atoms with Crippen molar-refractivity contribution in [3.63, 3.8) is 0 Å². The molecular formula is C16H19N3O2S2. The second kappa shape index (κ2) is 7.31. The molecule has 0 saturated carbocycles. The SMILES string of the molecule is CCCCc1ccc2nc(NC(=O)CN3CCSC3=O)sc2c1. The van der Waals surface area contributed by atoms with Gasteiger partial charge in [-0.15, -0.1) is 0 Å². The maximum Gasteiger partial charge on any atom is 0.282 e. The van der Waals surface area contributed by atoms with Gasteiger partial charge in [0, 0.05) is 12.3 Å². The van der Waals surface area contributed by atoms with Crippen molar-refractivity contribution in [3.8, 4) is 0 Å². The fourth-order valence-electron chi connectivity index (χ4n) is 2.46. The van der Waals surface area contributed by atoms with Crippen LogP contribution in [0.3, 0.4) is 0 Å². The van der Waals surface area contributed by atoms with Crippen LogP contribution in [0.1, 0.15) is 25.3 Å². The highest BCUT2D eigenvalue weighted by atomic mass is 32.2. The van der Waals surface area contributed by atoms with Gasteiger partial charge in [0.2, 0.25) is 5.91 Å². The zero-order chi connectivity index (χ0) is 16.2. The molecule has 5 nitrogen and oxygen atoms in total. The van der Waals surface area contributed by atoms with Gasteiger partial charge in [0.25, 0.3) is 5.24 Å². The summed E-state index contributed by atoms with van der Waals surface area (Å²) in [6.45, 7) is 2.92. The monoisotopic (exact) mass is 349 g/mol. The quantitative estimate of drug-likeness (QED) is 0.863. The number of amides is 2. The van der Waals surface area contributed by atoms with Crippen molar-refractivity contribution in [3.05, 3.63) is 23.8 Å². The Kier molecular flexibility index (Phi) is 5.17. The molecule has 1 aliphatic rings. The van der Waals surface area contributed by atoms with Crippen molar-refractivity contribution in [1.29, 1.82) is 0 Å². The Morgan fingerprint density at radius 3 is 3.04 bits per heavy atom. The number of nitrogens with zero attached hydrogens (tertiary/aromatic N) is 2. The number of fused-ring (bicyclic) bond motifs is 1.